The minimum absolute atomic E-state index is 0.0339. The van der Waals surface area contributed by atoms with Gasteiger partial charge < -0.3 is 18.8 Å². The van der Waals surface area contributed by atoms with Crippen molar-refractivity contribution in [2.24, 2.45) is 0 Å². The lowest BCUT2D eigenvalue weighted by molar-refractivity contribution is 0.0578. The average Bonchev–Trinajstić information content (AvgIpc) is 3.37. The fourth-order valence-electron chi connectivity index (χ4n) is 3.35. The number of ether oxygens (including phenoxy) is 3. The first kappa shape index (κ1) is 16.7. The molecule has 2 heterocycles. The van der Waals surface area contributed by atoms with E-state index in [4.69, 9.17) is 19.2 Å². The largest absolute Gasteiger partial charge is 0.497 e. The van der Waals surface area contributed by atoms with Crippen molar-refractivity contribution in [3.8, 4) is 34.0 Å². The fourth-order valence-corrected chi connectivity index (χ4v) is 3.35. The summed E-state index contributed by atoms with van der Waals surface area (Å²) in [5, 5.41) is 0. The molecule has 4 rings (SSSR count). The van der Waals surface area contributed by atoms with Gasteiger partial charge in [0.2, 0.25) is 0 Å². The van der Waals surface area contributed by atoms with Crippen molar-refractivity contribution in [1.29, 1.82) is 0 Å². The van der Waals surface area contributed by atoms with Crippen LogP contribution in [0.3, 0.4) is 0 Å². The van der Waals surface area contributed by atoms with Gasteiger partial charge in [-0.3, -0.25) is 0 Å². The van der Waals surface area contributed by atoms with Crippen LogP contribution in [0.2, 0.25) is 0 Å². The average molecular weight is 350 g/mol. The Hall–Kier alpha value is -2.79. The summed E-state index contributed by atoms with van der Waals surface area (Å²) in [7, 11) is 3.35. The fraction of sp³-hybridized carbons (Fsp3) is 0.286. The van der Waals surface area contributed by atoms with Crippen molar-refractivity contribution in [1.82, 2.24) is 9.55 Å². The molecule has 134 valence electrons. The third-order valence-electron chi connectivity index (χ3n) is 4.74. The Morgan fingerprint density at radius 3 is 2.08 bits per heavy atom. The van der Waals surface area contributed by atoms with Crippen molar-refractivity contribution >= 4 is 0 Å². The minimum Gasteiger partial charge on any atom is -0.497 e. The number of hydrogen-bond acceptors (Lipinski definition) is 4. The molecule has 1 aliphatic heterocycles. The highest BCUT2D eigenvalue weighted by atomic mass is 16.5. The van der Waals surface area contributed by atoms with Gasteiger partial charge in [-0.15, -0.1) is 0 Å². The van der Waals surface area contributed by atoms with E-state index in [9.17, 15) is 0 Å². The van der Waals surface area contributed by atoms with Crippen LogP contribution >= 0.6 is 0 Å². The zero-order valence-corrected chi connectivity index (χ0v) is 15.0. The van der Waals surface area contributed by atoms with Gasteiger partial charge in [0.15, 0.2) is 0 Å². The van der Waals surface area contributed by atoms with Gasteiger partial charge in [-0.25, -0.2) is 4.98 Å². The summed E-state index contributed by atoms with van der Waals surface area (Å²) in [6, 6.07) is 16.1. The maximum absolute atomic E-state index is 5.91. The summed E-state index contributed by atoms with van der Waals surface area (Å²) in [4.78, 5) is 4.72. The van der Waals surface area contributed by atoms with Crippen molar-refractivity contribution in [2.45, 2.75) is 19.1 Å². The van der Waals surface area contributed by atoms with Crippen LogP contribution in [0.15, 0.2) is 54.9 Å². The van der Waals surface area contributed by atoms with Gasteiger partial charge >= 0.3 is 0 Å². The van der Waals surface area contributed by atoms with Crippen LogP contribution in [0.25, 0.3) is 22.5 Å². The monoisotopic (exact) mass is 350 g/mol. The Bertz CT molecular complexity index is 863. The Morgan fingerprint density at radius 2 is 1.54 bits per heavy atom. The number of methoxy groups -OCH3 is 2. The third kappa shape index (κ3) is 3.06. The van der Waals surface area contributed by atoms with Crippen LogP contribution in [-0.2, 0) is 4.74 Å². The molecule has 0 N–H and O–H groups in total. The van der Waals surface area contributed by atoms with E-state index in [-0.39, 0.29) is 6.23 Å². The van der Waals surface area contributed by atoms with E-state index in [1.807, 2.05) is 42.7 Å². The lowest BCUT2D eigenvalue weighted by atomic mass is 10.0. The predicted molar refractivity (Wildman–Crippen MR) is 100 cm³/mol. The highest BCUT2D eigenvalue weighted by Crippen LogP contribution is 2.37. The molecular weight excluding hydrogens is 328 g/mol. The standard InChI is InChI=1S/C21H22N2O3/c1-24-17-9-5-15(6-10-17)20-21(16-7-11-18(25-2)12-8-16)23(14-22-20)19-4-3-13-26-19/h5-12,14,19H,3-4,13H2,1-2H3. The Labute approximate surface area is 153 Å². The first-order valence-corrected chi connectivity index (χ1v) is 8.77. The van der Waals surface area contributed by atoms with E-state index in [1.165, 1.54) is 0 Å². The van der Waals surface area contributed by atoms with E-state index >= 15 is 0 Å². The number of rotatable bonds is 5. The SMILES string of the molecule is COc1ccc(-c2ncn(C3CCCO3)c2-c2ccc(OC)cc2)cc1. The summed E-state index contributed by atoms with van der Waals surface area (Å²) in [6.07, 6.45) is 3.99. The first-order valence-electron chi connectivity index (χ1n) is 8.77. The highest BCUT2D eigenvalue weighted by Gasteiger charge is 2.24. The van der Waals surface area contributed by atoms with Crippen molar-refractivity contribution in [3.05, 3.63) is 54.9 Å². The molecule has 1 saturated heterocycles. The zero-order chi connectivity index (χ0) is 17.9. The molecule has 1 aliphatic rings. The van der Waals surface area contributed by atoms with Crippen LogP contribution in [0.1, 0.15) is 19.1 Å². The van der Waals surface area contributed by atoms with Gasteiger partial charge in [-0.1, -0.05) is 0 Å². The van der Waals surface area contributed by atoms with Crippen LogP contribution in [0.5, 0.6) is 11.5 Å². The molecule has 5 nitrogen and oxygen atoms in total. The lowest BCUT2D eigenvalue weighted by Gasteiger charge is -2.16. The second-order valence-electron chi connectivity index (χ2n) is 6.27. The minimum atomic E-state index is 0.0339. The lowest BCUT2D eigenvalue weighted by Crippen LogP contribution is -2.07. The van der Waals surface area contributed by atoms with Crippen molar-refractivity contribution in [2.75, 3.05) is 20.8 Å². The van der Waals surface area contributed by atoms with Gasteiger partial charge in [0.25, 0.3) is 0 Å². The Kier molecular flexibility index (Phi) is 4.63. The summed E-state index contributed by atoms with van der Waals surface area (Å²) >= 11 is 0. The molecule has 0 radical (unpaired) electrons. The topological polar surface area (TPSA) is 45.5 Å². The quantitative estimate of drug-likeness (QED) is 0.677. The van der Waals surface area contributed by atoms with Crippen LogP contribution < -0.4 is 9.47 Å². The van der Waals surface area contributed by atoms with E-state index < -0.39 is 0 Å². The van der Waals surface area contributed by atoms with E-state index in [2.05, 4.69) is 16.7 Å². The third-order valence-corrected chi connectivity index (χ3v) is 4.74. The highest BCUT2D eigenvalue weighted by molar-refractivity contribution is 5.79. The predicted octanol–water partition coefficient (Wildman–Crippen LogP) is 4.54. The van der Waals surface area contributed by atoms with E-state index in [1.54, 1.807) is 14.2 Å². The molecule has 1 fully saturated rings. The summed E-state index contributed by atoms with van der Waals surface area (Å²) in [6.45, 7) is 0.794. The maximum Gasteiger partial charge on any atom is 0.135 e. The summed E-state index contributed by atoms with van der Waals surface area (Å²) < 4.78 is 18.6. The zero-order valence-electron chi connectivity index (χ0n) is 15.0. The molecule has 0 amide bonds. The molecule has 3 aromatic rings. The maximum atomic E-state index is 5.91. The molecule has 5 heteroatoms. The van der Waals surface area contributed by atoms with E-state index in [0.29, 0.717) is 0 Å². The molecule has 2 aromatic carbocycles. The van der Waals surface area contributed by atoms with Gasteiger partial charge in [-0.2, -0.15) is 0 Å². The second-order valence-corrected chi connectivity index (χ2v) is 6.27. The molecule has 26 heavy (non-hydrogen) atoms. The van der Waals surface area contributed by atoms with Crippen LogP contribution in [0.4, 0.5) is 0 Å². The van der Waals surface area contributed by atoms with Gasteiger partial charge in [0.1, 0.15) is 17.7 Å². The Balaban J connectivity index is 1.82. The number of imidazole rings is 1. The van der Waals surface area contributed by atoms with E-state index in [0.717, 1.165) is 53.5 Å². The normalized spacial score (nSPS) is 16.6. The number of hydrogen-bond donors (Lipinski definition) is 0. The van der Waals surface area contributed by atoms with Crippen LogP contribution in [0, 0.1) is 0 Å². The molecule has 1 aromatic heterocycles. The molecular formula is C21H22N2O3. The van der Waals surface area contributed by atoms with Crippen molar-refractivity contribution < 1.29 is 14.2 Å². The molecule has 0 saturated carbocycles. The Morgan fingerprint density at radius 1 is 0.923 bits per heavy atom. The number of aromatic nitrogens is 2. The molecule has 0 aliphatic carbocycles. The molecule has 0 bridgehead atoms. The summed E-state index contributed by atoms with van der Waals surface area (Å²) in [5.74, 6) is 1.67. The second kappa shape index (κ2) is 7.22. The number of benzene rings is 2. The van der Waals surface area contributed by atoms with Crippen molar-refractivity contribution in [3.63, 3.8) is 0 Å². The molecule has 1 unspecified atom stereocenters. The van der Waals surface area contributed by atoms with Gasteiger partial charge in [0.05, 0.1) is 31.9 Å². The first-order chi connectivity index (χ1) is 12.8. The van der Waals surface area contributed by atoms with Crippen LogP contribution in [-0.4, -0.2) is 30.4 Å². The smallest absolute Gasteiger partial charge is 0.135 e. The molecule has 1 atom stereocenters. The molecule has 0 spiro atoms. The number of nitrogens with zero attached hydrogens (tertiary/aromatic N) is 2. The van der Waals surface area contributed by atoms with Gasteiger partial charge in [-0.05, 0) is 61.4 Å². The van der Waals surface area contributed by atoms with Gasteiger partial charge in [0, 0.05) is 17.7 Å². The summed E-state index contributed by atoms with van der Waals surface area (Å²) in [5.41, 5.74) is 4.14.